The number of piperazine rings is 1. The molecule has 1 saturated heterocycles. The Labute approximate surface area is 127 Å². The van der Waals surface area contributed by atoms with Gasteiger partial charge in [0.05, 0.1) is 25.0 Å². The highest BCUT2D eigenvalue weighted by molar-refractivity contribution is 9.11. The van der Waals surface area contributed by atoms with Crippen LogP contribution in [0.15, 0.2) is 27.7 Å². The molecule has 0 amide bonds. The second-order valence-corrected chi connectivity index (χ2v) is 6.06. The normalized spacial score (nSPS) is 20.4. The summed E-state index contributed by atoms with van der Waals surface area (Å²) in [5, 5.41) is 4.14. The number of aryl methyl sites for hydroxylation is 1. The first kappa shape index (κ1) is 13.6. The maximum absolute atomic E-state index is 4.39. The van der Waals surface area contributed by atoms with Crippen molar-refractivity contribution in [1.29, 1.82) is 0 Å². The zero-order chi connectivity index (χ0) is 13.9. The van der Waals surface area contributed by atoms with E-state index in [0.717, 1.165) is 45.1 Å². The van der Waals surface area contributed by atoms with Crippen LogP contribution in [0.1, 0.15) is 5.82 Å². The molecule has 1 aromatic rings. The SMILES string of the molecule is Cn1ccnc1CN1CCN(C2=C(Br)CNN=C2)CC1. The van der Waals surface area contributed by atoms with E-state index in [4.69, 9.17) is 0 Å². The first-order valence-electron chi connectivity index (χ1n) is 6.82. The molecule has 0 spiro atoms. The van der Waals surface area contributed by atoms with Crippen LogP contribution in [0.5, 0.6) is 0 Å². The maximum atomic E-state index is 4.39. The Kier molecular flexibility index (Phi) is 4.07. The van der Waals surface area contributed by atoms with E-state index < -0.39 is 0 Å². The fraction of sp³-hybridized carbons (Fsp3) is 0.538. The average Bonchev–Trinajstić information content (AvgIpc) is 2.86. The minimum absolute atomic E-state index is 0.777. The quantitative estimate of drug-likeness (QED) is 0.882. The second-order valence-electron chi connectivity index (χ2n) is 5.10. The lowest BCUT2D eigenvalue weighted by molar-refractivity contribution is 0.153. The Morgan fingerprint density at radius 1 is 1.30 bits per heavy atom. The van der Waals surface area contributed by atoms with Crippen LogP contribution in [0.2, 0.25) is 0 Å². The monoisotopic (exact) mass is 338 g/mol. The van der Waals surface area contributed by atoms with Crippen LogP contribution in [0.4, 0.5) is 0 Å². The molecule has 0 aliphatic carbocycles. The molecule has 3 heterocycles. The summed E-state index contributed by atoms with van der Waals surface area (Å²) in [6.45, 7) is 5.87. The van der Waals surface area contributed by atoms with Crippen molar-refractivity contribution >= 4 is 22.1 Å². The van der Waals surface area contributed by atoms with Crippen molar-refractivity contribution in [1.82, 2.24) is 24.8 Å². The fourth-order valence-electron chi connectivity index (χ4n) is 2.53. The van der Waals surface area contributed by atoms with Crippen molar-refractivity contribution < 1.29 is 0 Å². The Bertz CT molecular complexity index is 527. The number of nitrogens with one attached hydrogen (secondary N) is 1. The summed E-state index contributed by atoms with van der Waals surface area (Å²) in [7, 11) is 2.05. The molecule has 7 heteroatoms. The van der Waals surface area contributed by atoms with E-state index in [-0.39, 0.29) is 0 Å². The zero-order valence-corrected chi connectivity index (χ0v) is 13.2. The fourth-order valence-corrected chi connectivity index (χ4v) is 3.01. The molecule has 108 valence electrons. The second kappa shape index (κ2) is 5.97. The topological polar surface area (TPSA) is 48.7 Å². The minimum Gasteiger partial charge on any atom is -0.367 e. The van der Waals surface area contributed by atoms with Gasteiger partial charge in [0.2, 0.25) is 0 Å². The average molecular weight is 339 g/mol. The Morgan fingerprint density at radius 2 is 2.10 bits per heavy atom. The van der Waals surface area contributed by atoms with Crippen molar-refractivity contribution in [2.45, 2.75) is 6.54 Å². The number of aromatic nitrogens is 2. The largest absolute Gasteiger partial charge is 0.367 e. The van der Waals surface area contributed by atoms with Crippen LogP contribution in [0.3, 0.4) is 0 Å². The van der Waals surface area contributed by atoms with Crippen LogP contribution >= 0.6 is 15.9 Å². The molecule has 0 saturated carbocycles. The number of rotatable bonds is 3. The molecule has 0 bridgehead atoms. The van der Waals surface area contributed by atoms with Gasteiger partial charge in [-0.05, 0) is 0 Å². The Hall–Kier alpha value is -1.34. The van der Waals surface area contributed by atoms with Crippen LogP contribution in [-0.4, -0.2) is 58.3 Å². The van der Waals surface area contributed by atoms with Crippen molar-refractivity contribution in [3.8, 4) is 0 Å². The van der Waals surface area contributed by atoms with Gasteiger partial charge >= 0.3 is 0 Å². The van der Waals surface area contributed by atoms with Crippen LogP contribution in [0, 0.1) is 0 Å². The number of hydrogen-bond donors (Lipinski definition) is 1. The summed E-state index contributed by atoms with van der Waals surface area (Å²) in [4.78, 5) is 9.23. The molecule has 1 fully saturated rings. The molecule has 0 aromatic carbocycles. The molecule has 3 rings (SSSR count). The summed E-state index contributed by atoms with van der Waals surface area (Å²) < 4.78 is 3.27. The van der Waals surface area contributed by atoms with Crippen LogP contribution in [-0.2, 0) is 13.6 Å². The maximum Gasteiger partial charge on any atom is 0.122 e. The molecule has 6 nitrogen and oxygen atoms in total. The number of hydrazone groups is 1. The Morgan fingerprint density at radius 3 is 2.75 bits per heavy atom. The summed E-state index contributed by atoms with van der Waals surface area (Å²) in [6.07, 6.45) is 5.76. The van der Waals surface area contributed by atoms with Gasteiger partial charge in [-0.1, -0.05) is 15.9 Å². The third kappa shape index (κ3) is 2.88. The van der Waals surface area contributed by atoms with Crippen molar-refractivity contribution in [2.24, 2.45) is 12.1 Å². The molecule has 2 aliphatic rings. The van der Waals surface area contributed by atoms with E-state index in [1.54, 1.807) is 0 Å². The third-order valence-corrected chi connectivity index (χ3v) is 4.48. The number of allylic oxidation sites excluding steroid dienone is 1. The van der Waals surface area contributed by atoms with E-state index in [9.17, 15) is 0 Å². The number of hydrogen-bond acceptors (Lipinski definition) is 5. The van der Waals surface area contributed by atoms with Gasteiger partial charge < -0.3 is 14.9 Å². The minimum atomic E-state index is 0.777. The van der Waals surface area contributed by atoms with Crippen LogP contribution in [0.25, 0.3) is 0 Å². The van der Waals surface area contributed by atoms with Crippen molar-refractivity contribution in [3.05, 3.63) is 28.4 Å². The van der Waals surface area contributed by atoms with Crippen LogP contribution < -0.4 is 5.43 Å². The molecule has 1 N–H and O–H groups in total. The van der Waals surface area contributed by atoms with Gasteiger partial charge in [0.15, 0.2) is 0 Å². The van der Waals surface area contributed by atoms with Gasteiger partial charge in [0, 0.05) is 50.1 Å². The smallest absolute Gasteiger partial charge is 0.122 e. The third-order valence-electron chi connectivity index (χ3n) is 3.79. The van der Waals surface area contributed by atoms with E-state index in [1.807, 2.05) is 25.7 Å². The Balaban J connectivity index is 1.57. The first-order chi connectivity index (χ1) is 9.74. The van der Waals surface area contributed by atoms with Crippen molar-refractivity contribution in [2.75, 3.05) is 32.7 Å². The van der Waals surface area contributed by atoms with E-state index in [0.29, 0.717) is 0 Å². The highest BCUT2D eigenvalue weighted by Crippen LogP contribution is 2.18. The van der Waals surface area contributed by atoms with Gasteiger partial charge in [0.25, 0.3) is 0 Å². The van der Waals surface area contributed by atoms with E-state index >= 15 is 0 Å². The molecule has 0 unspecified atom stereocenters. The lowest BCUT2D eigenvalue weighted by atomic mass is 10.2. The summed E-state index contributed by atoms with van der Waals surface area (Å²) >= 11 is 3.62. The standard InChI is InChI=1S/C13H19BrN6/c1-18-3-2-15-13(18)10-19-4-6-20(7-5-19)12-9-17-16-8-11(12)14/h2-3,9,16H,4-8,10H2,1H3. The lowest BCUT2D eigenvalue weighted by Gasteiger charge is -2.37. The van der Waals surface area contributed by atoms with Gasteiger partial charge in [-0.3, -0.25) is 4.90 Å². The predicted octanol–water partition coefficient (Wildman–Crippen LogP) is 0.733. The molecular formula is C13H19BrN6. The first-order valence-corrected chi connectivity index (χ1v) is 7.61. The lowest BCUT2D eigenvalue weighted by Crippen LogP contribution is -2.46. The number of halogens is 1. The van der Waals surface area contributed by atoms with E-state index in [1.165, 1.54) is 10.2 Å². The van der Waals surface area contributed by atoms with Gasteiger partial charge in [-0.25, -0.2) is 4.98 Å². The highest BCUT2D eigenvalue weighted by atomic mass is 79.9. The molecule has 2 aliphatic heterocycles. The molecular weight excluding hydrogens is 320 g/mol. The molecule has 0 radical (unpaired) electrons. The summed E-state index contributed by atoms with van der Waals surface area (Å²) in [5.74, 6) is 1.13. The molecule has 0 atom stereocenters. The summed E-state index contributed by atoms with van der Waals surface area (Å²) in [6, 6.07) is 0. The highest BCUT2D eigenvalue weighted by Gasteiger charge is 2.21. The van der Waals surface area contributed by atoms with Crippen molar-refractivity contribution in [3.63, 3.8) is 0 Å². The van der Waals surface area contributed by atoms with E-state index in [2.05, 4.69) is 45.8 Å². The van der Waals surface area contributed by atoms with Gasteiger partial charge in [0.1, 0.15) is 5.82 Å². The zero-order valence-electron chi connectivity index (χ0n) is 11.6. The number of imidazole rings is 1. The molecule has 1 aromatic heterocycles. The summed E-state index contributed by atoms with van der Waals surface area (Å²) in [5.41, 5.74) is 4.17. The van der Waals surface area contributed by atoms with Gasteiger partial charge in [-0.2, -0.15) is 5.10 Å². The number of nitrogens with zero attached hydrogens (tertiary/aromatic N) is 5. The predicted molar refractivity (Wildman–Crippen MR) is 82.5 cm³/mol. The molecule has 20 heavy (non-hydrogen) atoms. The van der Waals surface area contributed by atoms with Gasteiger partial charge in [-0.15, -0.1) is 0 Å².